The number of benzene rings is 2. The summed E-state index contributed by atoms with van der Waals surface area (Å²) in [4.78, 5) is 13.1. The van der Waals surface area contributed by atoms with Gasteiger partial charge in [-0.05, 0) is 37.6 Å². The van der Waals surface area contributed by atoms with Crippen molar-refractivity contribution in [1.82, 2.24) is 0 Å². The Morgan fingerprint density at radius 2 is 1.95 bits per heavy atom. The molecule has 104 valence electrons. The van der Waals surface area contributed by atoms with Gasteiger partial charge in [-0.2, -0.15) is 0 Å². The van der Waals surface area contributed by atoms with Crippen molar-refractivity contribution in [3.8, 4) is 0 Å². The van der Waals surface area contributed by atoms with Crippen molar-refractivity contribution in [3.63, 3.8) is 0 Å². The molecular formula is C16H16ClNOS. The molecule has 0 aliphatic rings. The molecule has 2 aromatic rings. The Morgan fingerprint density at radius 3 is 2.70 bits per heavy atom. The van der Waals surface area contributed by atoms with Gasteiger partial charge in [-0.15, -0.1) is 11.8 Å². The van der Waals surface area contributed by atoms with Crippen molar-refractivity contribution in [3.05, 3.63) is 58.6 Å². The van der Waals surface area contributed by atoms with E-state index in [1.165, 1.54) is 22.9 Å². The molecule has 0 spiro atoms. The van der Waals surface area contributed by atoms with Gasteiger partial charge in [0.25, 0.3) is 0 Å². The topological polar surface area (TPSA) is 29.1 Å². The molecule has 2 rings (SSSR count). The van der Waals surface area contributed by atoms with Gasteiger partial charge in [0.2, 0.25) is 5.91 Å². The zero-order valence-corrected chi connectivity index (χ0v) is 13.0. The number of aryl methyl sites for hydroxylation is 2. The van der Waals surface area contributed by atoms with Crippen LogP contribution < -0.4 is 5.32 Å². The normalized spacial score (nSPS) is 10.3. The third kappa shape index (κ3) is 4.02. The highest BCUT2D eigenvalue weighted by Crippen LogP contribution is 2.25. The summed E-state index contributed by atoms with van der Waals surface area (Å²) in [6.07, 6.45) is 0. The van der Waals surface area contributed by atoms with Gasteiger partial charge in [0, 0.05) is 4.90 Å². The standard InChI is InChI=1S/C16H16ClNOS/c1-11-7-8-12(2)15(9-11)20-10-16(19)18-14-6-4-3-5-13(14)17/h3-9H,10H2,1-2H3,(H,18,19). The maximum atomic E-state index is 11.9. The minimum absolute atomic E-state index is 0.0518. The first kappa shape index (κ1) is 14.9. The SMILES string of the molecule is Cc1ccc(C)c(SCC(=O)Nc2ccccc2Cl)c1. The first-order valence-corrected chi connectivity index (χ1v) is 7.67. The van der Waals surface area contributed by atoms with E-state index in [4.69, 9.17) is 11.6 Å². The van der Waals surface area contributed by atoms with Crippen LogP contribution in [0.5, 0.6) is 0 Å². The van der Waals surface area contributed by atoms with E-state index in [1.54, 1.807) is 12.1 Å². The molecule has 0 aromatic heterocycles. The van der Waals surface area contributed by atoms with E-state index in [-0.39, 0.29) is 5.91 Å². The summed E-state index contributed by atoms with van der Waals surface area (Å²) in [5, 5.41) is 3.38. The van der Waals surface area contributed by atoms with Crippen LogP contribution in [0.4, 0.5) is 5.69 Å². The zero-order chi connectivity index (χ0) is 14.5. The van der Waals surface area contributed by atoms with Crippen LogP contribution in [0.3, 0.4) is 0 Å². The fraction of sp³-hybridized carbons (Fsp3) is 0.188. The van der Waals surface area contributed by atoms with Gasteiger partial charge in [0.1, 0.15) is 0 Å². The lowest BCUT2D eigenvalue weighted by atomic mass is 10.2. The maximum Gasteiger partial charge on any atom is 0.234 e. The molecule has 0 atom stereocenters. The van der Waals surface area contributed by atoms with Crippen LogP contribution in [0.25, 0.3) is 0 Å². The monoisotopic (exact) mass is 305 g/mol. The van der Waals surface area contributed by atoms with E-state index < -0.39 is 0 Å². The Morgan fingerprint density at radius 1 is 1.20 bits per heavy atom. The summed E-state index contributed by atoms with van der Waals surface area (Å²) < 4.78 is 0. The number of rotatable bonds is 4. The molecule has 0 radical (unpaired) electrons. The maximum absolute atomic E-state index is 11.9. The fourth-order valence-electron chi connectivity index (χ4n) is 1.75. The van der Waals surface area contributed by atoms with Crippen LogP contribution in [0.2, 0.25) is 5.02 Å². The smallest absolute Gasteiger partial charge is 0.234 e. The number of hydrogen-bond donors (Lipinski definition) is 1. The Balaban J connectivity index is 1.96. The molecule has 0 saturated heterocycles. The van der Waals surface area contributed by atoms with E-state index in [2.05, 4.69) is 23.5 Å². The van der Waals surface area contributed by atoms with Crippen molar-refractivity contribution in [2.24, 2.45) is 0 Å². The second-order valence-electron chi connectivity index (χ2n) is 4.59. The number of amides is 1. The molecular weight excluding hydrogens is 290 g/mol. The fourth-order valence-corrected chi connectivity index (χ4v) is 2.86. The summed E-state index contributed by atoms with van der Waals surface area (Å²) in [5.74, 6) is 0.319. The van der Waals surface area contributed by atoms with Crippen LogP contribution in [0, 0.1) is 13.8 Å². The molecule has 2 aromatic carbocycles. The largest absolute Gasteiger partial charge is 0.324 e. The number of halogens is 1. The molecule has 0 saturated carbocycles. The van der Waals surface area contributed by atoms with Crippen LogP contribution in [-0.2, 0) is 4.79 Å². The van der Waals surface area contributed by atoms with E-state index >= 15 is 0 Å². The van der Waals surface area contributed by atoms with Gasteiger partial charge in [0.05, 0.1) is 16.5 Å². The molecule has 0 aliphatic carbocycles. The van der Waals surface area contributed by atoms with Crippen LogP contribution in [-0.4, -0.2) is 11.7 Å². The molecule has 0 fully saturated rings. The molecule has 4 heteroatoms. The molecule has 2 nitrogen and oxygen atoms in total. The number of anilines is 1. The van der Waals surface area contributed by atoms with E-state index in [1.807, 2.05) is 26.0 Å². The molecule has 0 heterocycles. The number of carbonyl (C=O) groups is 1. The summed E-state index contributed by atoms with van der Waals surface area (Å²) in [6, 6.07) is 13.5. The van der Waals surface area contributed by atoms with Gasteiger partial charge in [-0.3, -0.25) is 4.79 Å². The Labute approximate surface area is 128 Å². The predicted molar refractivity (Wildman–Crippen MR) is 86.7 cm³/mol. The second-order valence-corrected chi connectivity index (χ2v) is 6.01. The summed E-state index contributed by atoms with van der Waals surface area (Å²) in [6.45, 7) is 4.10. The van der Waals surface area contributed by atoms with Crippen molar-refractivity contribution in [1.29, 1.82) is 0 Å². The van der Waals surface area contributed by atoms with Crippen molar-refractivity contribution >= 4 is 35.0 Å². The van der Waals surface area contributed by atoms with Gasteiger partial charge in [0.15, 0.2) is 0 Å². The van der Waals surface area contributed by atoms with Crippen molar-refractivity contribution in [2.75, 3.05) is 11.1 Å². The molecule has 0 bridgehead atoms. The Kier molecular flexibility index (Phi) is 5.10. The van der Waals surface area contributed by atoms with Gasteiger partial charge < -0.3 is 5.32 Å². The van der Waals surface area contributed by atoms with Crippen LogP contribution in [0.15, 0.2) is 47.4 Å². The molecule has 1 N–H and O–H groups in total. The lowest BCUT2D eigenvalue weighted by Crippen LogP contribution is -2.14. The van der Waals surface area contributed by atoms with Crippen molar-refractivity contribution < 1.29 is 4.79 Å². The summed E-state index contributed by atoms with van der Waals surface area (Å²) >= 11 is 7.55. The first-order valence-electron chi connectivity index (χ1n) is 6.30. The zero-order valence-electron chi connectivity index (χ0n) is 11.4. The Bertz CT molecular complexity index is 628. The number of para-hydroxylation sites is 1. The quantitative estimate of drug-likeness (QED) is 0.830. The summed E-state index contributed by atoms with van der Waals surface area (Å²) in [5.41, 5.74) is 3.04. The lowest BCUT2D eigenvalue weighted by molar-refractivity contribution is -0.113. The Hall–Kier alpha value is -1.45. The molecule has 0 unspecified atom stereocenters. The third-order valence-corrected chi connectivity index (χ3v) is 4.34. The predicted octanol–water partition coefficient (Wildman–Crippen LogP) is 4.69. The highest BCUT2D eigenvalue weighted by molar-refractivity contribution is 8.00. The van der Waals surface area contributed by atoms with Gasteiger partial charge >= 0.3 is 0 Å². The van der Waals surface area contributed by atoms with Gasteiger partial charge in [-0.1, -0.05) is 41.4 Å². The van der Waals surface area contributed by atoms with Crippen LogP contribution in [0.1, 0.15) is 11.1 Å². The first-order chi connectivity index (χ1) is 9.56. The average molecular weight is 306 g/mol. The minimum Gasteiger partial charge on any atom is -0.324 e. The average Bonchev–Trinajstić information content (AvgIpc) is 2.42. The number of hydrogen-bond acceptors (Lipinski definition) is 2. The third-order valence-electron chi connectivity index (χ3n) is 2.85. The van der Waals surface area contributed by atoms with Gasteiger partial charge in [-0.25, -0.2) is 0 Å². The van der Waals surface area contributed by atoms with Crippen LogP contribution >= 0.6 is 23.4 Å². The second kappa shape index (κ2) is 6.82. The number of carbonyl (C=O) groups excluding carboxylic acids is 1. The van der Waals surface area contributed by atoms with E-state index in [0.29, 0.717) is 16.5 Å². The number of thioether (sulfide) groups is 1. The highest BCUT2D eigenvalue weighted by atomic mass is 35.5. The molecule has 1 amide bonds. The van der Waals surface area contributed by atoms with E-state index in [0.717, 1.165) is 4.90 Å². The van der Waals surface area contributed by atoms with E-state index in [9.17, 15) is 4.79 Å². The minimum atomic E-state index is -0.0518. The lowest BCUT2D eigenvalue weighted by Gasteiger charge is -2.08. The molecule has 0 aliphatic heterocycles. The highest BCUT2D eigenvalue weighted by Gasteiger charge is 2.07. The van der Waals surface area contributed by atoms with Crippen molar-refractivity contribution in [2.45, 2.75) is 18.7 Å². The molecule has 20 heavy (non-hydrogen) atoms. The number of nitrogens with one attached hydrogen (secondary N) is 1. The summed E-state index contributed by atoms with van der Waals surface area (Å²) in [7, 11) is 0.